The molecule has 4 rings (SSSR count). The van der Waals surface area contributed by atoms with E-state index in [0.29, 0.717) is 0 Å². The van der Waals surface area contributed by atoms with Gasteiger partial charge in [0.05, 0.1) is 16.1 Å². The monoisotopic (exact) mass is 355 g/mol. The first-order valence-electron chi connectivity index (χ1n) is 7.87. The highest BCUT2D eigenvalue weighted by Crippen LogP contribution is 2.33. The number of aromatic nitrogens is 4. The normalized spacial score (nSPS) is 12.3. The van der Waals surface area contributed by atoms with Crippen LogP contribution in [0.5, 0.6) is 0 Å². The van der Waals surface area contributed by atoms with Crippen molar-refractivity contribution in [2.75, 3.05) is 0 Å². The summed E-state index contributed by atoms with van der Waals surface area (Å²) < 4.78 is 22.8. The highest BCUT2D eigenvalue weighted by atomic mass is 32.2. The number of nitrogens with zero attached hydrogens (tertiary/aromatic N) is 2. The average molecular weight is 355 g/mol. The first-order chi connectivity index (χ1) is 11.9. The number of hydrogen-bond acceptors (Lipinski definition) is 4. The van der Waals surface area contributed by atoms with Gasteiger partial charge in [-0.3, -0.25) is 10.2 Å². The summed E-state index contributed by atoms with van der Waals surface area (Å²) in [6.45, 7) is 4.09. The standard InChI is InChI=1S/C17H17N5O2S/c1-3-12-9(2)20-17-14(12)16-13(8-19-17)15(21-22-16)10-4-6-11(7-5-10)25(18,23)24/h4-8,21-22H,3H2,1-2H3,(H2,18,23,24). The van der Waals surface area contributed by atoms with Crippen molar-refractivity contribution in [3.8, 4) is 11.3 Å². The largest absolute Gasteiger partial charge is 0.300 e. The van der Waals surface area contributed by atoms with Crippen LogP contribution in [-0.4, -0.2) is 28.6 Å². The Morgan fingerprint density at radius 1 is 1.16 bits per heavy atom. The molecule has 0 aliphatic carbocycles. The quantitative estimate of drug-likeness (QED) is 0.523. The molecule has 8 heteroatoms. The van der Waals surface area contributed by atoms with Crippen LogP contribution in [0.3, 0.4) is 0 Å². The van der Waals surface area contributed by atoms with Crippen molar-refractivity contribution in [3.05, 3.63) is 41.7 Å². The number of benzene rings is 1. The van der Waals surface area contributed by atoms with E-state index in [1.54, 1.807) is 18.3 Å². The Morgan fingerprint density at radius 2 is 1.88 bits per heavy atom. The second-order valence-corrected chi connectivity index (χ2v) is 7.53. The molecule has 7 nitrogen and oxygen atoms in total. The fourth-order valence-corrected chi connectivity index (χ4v) is 3.78. The average Bonchev–Trinajstić information content (AvgIpc) is 3.13. The van der Waals surface area contributed by atoms with E-state index in [0.717, 1.165) is 45.3 Å². The molecule has 0 spiro atoms. The topological polar surface area (TPSA) is 118 Å². The Hall–Kier alpha value is -2.71. The Morgan fingerprint density at radius 3 is 2.52 bits per heavy atom. The number of fused-ring (bicyclic) bond motifs is 3. The van der Waals surface area contributed by atoms with Gasteiger partial charge in [0.2, 0.25) is 10.0 Å². The Balaban J connectivity index is 1.93. The van der Waals surface area contributed by atoms with E-state index in [-0.39, 0.29) is 4.90 Å². The van der Waals surface area contributed by atoms with Gasteiger partial charge in [0.1, 0.15) is 0 Å². The highest BCUT2D eigenvalue weighted by molar-refractivity contribution is 7.89. The molecule has 128 valence electrons. The van der Waals surface area contributed by atoms with Crippen LogP contribution in [0.25, 0.3) is 33.2 Å². The second-order valence-electron chi connectivity index (χ2n) is 5.97. The first kappa shape index (κ1) is 15.8. The number of pyridine rings is 1. The fraction of sp³-hybridized carbons (Fsp3) is 0.176. The van der Waals surface area contributed by atoms with E-state index in [2.05, 4.69) is 27.1 Å². The maximum atomic E-state index is 11.4. The van der Waals surface area contributed by atoms with E-state index in [1.165, 1.54) is 17.7 Å². The van der Waals surface area contributed by atoms with Gasteiger partial charge in [-0.15, -0.1) is 0 Å². The lowest BCUT2D eigenvalue weighted by atomic mass is 10.1. The zero-order chi connectivity index (χ0) is 17.8. The van der Waals surface area contributed by atoms with Gasteiger partial charge in [-0.05, 0) is 31.0 Å². The molecule has 0 atom stereocenters. The van der Waals surface area contributed by atoms with Crippen molar-refractivity contribution < 1.29 is 8.42 Å². The van der Waals surface area contributed by atoms with Crippen LogP contribution in [0.1, 0.15) is 18.2 Å². The number of primary sulfonamides is 1. The summed E-state index contributed by atoms with van der Waals surface area (Å²) in [4.78, 5) is 9.10. The van der Waals surface area contributed by atoms with Crippen molar-refractivity contribution in [2.24, 2.45) is 5.14 Å². The lowest BCUT2D eigenvalue weighted by molar-refractivity contribution is 0.598. The van der Waals surface area contributed by atoms with Gasteiger partial charge in [0, 0.05) is 28.2 Å². The summed E-state index contributed by atoms with van der Waals surface area (Å²) in [5.74, 6) is 0. The number of H-pyrrole nitrogens is 2. The number of nitrogens with two attached hydrogens (primary N) is 1. The van der Waals surface area contributed by atoms with E-state index < -0.39 is 10.0 Å². The molecule has 25 heavy (non-hydrogen) atoms. The van der Waals surface area contributed by atoms with Crippen molar-refractivity contribution in [2.45, 2.75) is 25.2 Å². The summed E-state index contributed by atoms with van der Waals surface area (Å²) in [6, 6.07) is 6.43. The minimum atomic E-state index is -3.70. The number of rotatable bonds is 3. The summed E-state index contributed by atoms with van der Waals surface area (Å²) in [6.07, 6.45) is 2.65. The third kappa shape index (κ3) is 2.41. The molecule has 0 aliphatic rings. The smallest absolute Gasteiger partial charge is 0.238 e. The van der Waals surface area contributed by atoms with Crippen molar-refractivity contribution in [1.82, 2.24) is 20.2 Å². The molecule has 0 fully saturated rings. The number of aryl methyl sites for hydroxylation is 2. The predicted molar refractivity (Wildman–Crippen MR) is 96.7 cm³/mol. The molecule has 0 bridgehead atoms. The SMILES string of the molecule is CCc1c(C)nc2ncc3c(-c4ccc(S(N)(=O)=O)cc4)[nH][nH]c3c12. The fourth-order valence-electron chi connectivity index (χ4n) is 3.26. The van der Waals surface area contributed by atoms with Crippen LogP contribution in [0, 0.1) is 6.92 Å². The molecule has 0 radical (unpaired) electrons. The Kier molecular flexibility index (Phi) is 3.41. The zero-order valence-electron chi connectivity index (χ0n) is 13.8. The van der Waals surface area contributed by atoms with Gasteiger partial charge in [0.25, 0.3) is 0 Å². The van der Waals surface area contributed by atoms with E-state index in [1.807, 2.05) is 6.92 Å². The van der Waals surface area contributed by atoms with E-state index >= 15 is 0 Å². The molecule has 0 aliphatic heterocycles. The van der Waals surface area contributed by atoms with Crippen molar-refractivity contribution in [1.29, 1.82) is 0 Å². The summed E-state index contributed by atoms with van der Waals surface area (Å²) in [7, 11) is -3.70. The van der Waals surface area contributed by atoms with Crippen LogP contribution >= 0.6 is 0 Å². The lowest BCUT2D eigenvalue weighted by Gasteiger charge is -2.02. The maximum Gasteiger partial charge on any atom is 0.238 e. The van der Waals surface area contributed by atoms with Gasteiger partial charge < -0.3 is 0 Å². The number of aromatic amines is 2. The number of nitrogens with one attached hydrogen (secondary N) is 2. The van der Waals surface area contributed by atoms with Crippen LogP contribution in [-0.2, 0) is 16.4 Å². The lowest BCUT2D eigenvalue weighted by Crippen LogP contribution is -2.11. The molecule has 0 unspecified atom stereocenters. The van der Waals surface area contributed by atoms with Crippen LogP contribution < -0.4 is 5.14 Å². The maximum absolute atomic E-state index is 11.4. The Bertz CT molecular complexity index is 1200. The number of hydrogen-bond donors (Lipinski definition) is 3. The third-order valence-electron chi connectivity index (χ3n) is 4.48. The van der Waals surface area contributed by atoms with Crippen LogP contribution in [0.4, 0.5) is 0 Å². The third-order valence-corrected chi connectivity index (χ3v) is 5.41. The molecule has 0 saturated heterocycles. The van der Waals surface area contributed by atoms with Crippen LogP contribution in [0.2, 0.25) is 0 Å². The second kappa shape index (κ2) is 5.40. The molecule has 4 N–H and O–H groups in total. The van der Waals surface area contributed by atoms with Gasteiger partial charge in [0.15, 0.2) is 5.65 Å². The number of sulfonamides is 1. The van der Waals surface area contributed by atoms with Gasteiger partial charge >= 0.3 is 0 Å². The summed E-state index contributed by atoms with van der Waals surface area (Å²) in [5, 5.41) is 13.5. The van der Waals surface area contributed by atoms with Crippen LogP contribution in [0.15, 0.2) is 35.4 Å². The highest BCUT2D eigenvalue weighted by Gasteiger charge is 2.17. The molecule has 4 aromatic rings. The molecular weight excluding hydrogens is 338 g/mol. The molecule has 3 heterocycles. The minimum Gasteiger partial charge on any atom is -0.300 e. The first-order valence-corrected chi connectivity index (χ1v) is 9.42. The minimum absolute atomic E-state index is 0.0840. The van der Waals surface area contributed by atoms with E-state index in [9.17, 15) is 8.42 Å². The molecular formula is C17H17N5O2S. The summed E-state index contributed by atoms with van der Waals surface area (Å²) in [5.41, 5.74) is 5.53. The van der Waals surface area contributed by atoms with Gasteiger partial charge in [-0.2, -0.15) is 0 Å². The molecule has 1 aromatic carbocycles. The summed E-state index contributed by atoms with van der Waals surface area (Å²) >= 11 is 0. The van der Waals surface area contributed by atoms with Crippen molar-refractivity contribution >= 4 is 32.0 Å². The van der Waals surface area contributed by atoms with E-state index in [4.69, 9.17) is 5.14 Å². The predicted octanol–water partition coefficient (Wildman–Crippen LogP) is 2.62. The molecule has 0 saturated carbocycles. The zero-order valence-corrected chi connectivity index (χ0v) is 14.6. The Labute approximate surface area is 144 Å². The van der Waals surface area contributed by atoms with Gasteiger partial charge in [-0.1, -0.05) is 19.1 Å². The van der Waals surface area contributed by atoms with Gasteiger partial charge in [-0.25, -0.2) is 23.5 Å². The molecule has 0 amide bonds. The molecule has 3 aromatic heterocycles. The van der Waals surface area contributed by atoms with Crippen molar-refractivity contribution in [3.63, 3.8) is 0 Å².